The summed E-state index contributed by atoms with van der Waals surface area (Å²) in [6, 6.07) is -4.13. The molecule has 0 bridgehead atoms. The Labute approximate surface area is 185 Å². The normalized spacial score (nSPS) is 18.8. The number of carboxylic acid groups (broad SMARTS) is 1. The van der Waals surface area contributed by atoms with E-state index in [1.165, 1.54) is 17.4 Å². The highest BCUT2D eigenvalue weighted by Crippen LogP contribution is 2.20. The van der Waals surface area contributed by atoms with E-state index in [-0.39, 0.29) is 18.9 Å². The predicted molar refractivity (Wildman–Crippen MR) is 113 cm³/mol. The van der Waals surface area contributed by atoms with E-state index in [0.29, 0.717) is 25.0 Å². The van der Waals surface area contributed by atoms with Crippen LogP contribution in [0.5, 0.6) is 0 Å². The molecule has 32 heavy (non-hydrogen) atoms. The Bertz CT molecular complexity index is 799. The first-order valence-corrected chi connectivity index (χ1v) is 10.6. The Kier molecular flexibility index (Phi) is 9.14. The summed E-state index contributed by atoms with van der Waals surface area (Å²) in [6.45, 7) is 3.38. The van der Waals surface area contributed by atoms with Crippen LogP contribution in [-0.2, 0) is 25.6 Å². The Hall–Kier alpha value is -2.99. The van der Waals surface area contributed by atoms with Crippen molar-refractivity contribution in [3.8, 4) is 0 Å². The van der Waals surface area contributed by atoms with E-state index in [2.05, 4.69) is 20.6 Å². The highest BCUT2D eigenvalue weighted by atomic mass is 16.4. The van der Waals surface area contributed by atoms with E-state index in [9.17, 15) is 19.2 Å². The summed E-state index contributed by atoms with van der Waals surface area (Å²) in [5.41, 5.74) is 6.58. The second-order valence-corrected chi connectivity index (χ2v) is 8.35. The number of nitrogens with zero attached hydrogens (tertiary/aromatic N) is 2. The van der Waals surface area contributed by atoms with Gasteiger partial charge in [0.2, 0.25) is 17.7 Å². The number of aromatic amines is 1. The topological polar surface area (TPSA) is 191 Å². The molecule has 4 unspecified atom stereocenters. The Morgan fingerprint density at radius 1 is 1.28 bits per heavy atom. The highest BCUT2D eigenvalue weighted by Gasteiger charge is 2.39. The van der Waals surface area contributed by atoms with Crippen molar-refractivity contribution in [2.24, 2.45) is 11.7 Å². The lowest BCUT2D eigenvalue weighted by molar-refractivity contribution is -0.145. The summed E-state index contributed by atoms with van der Waals surface area (Å²) in [4.78, 5) is 57.8. The first kappa shape index (κ1) is 25.3. The molecule has 1 fully saturated rings. The van der Waals surface area contributed by atoms with Crippen LogP contribution in [0.15, 0.2) is 12.5 Å². The number of hydrogen-bond acceptors (Lipinski definition) is 7. The molecular formula is C20H32N6O6. The monoisotopic (exact) mass is 452 g/mol. The minimum absolute atomic E-state index is 0.123. The fourth-order valence-electron chi connectivity index (χ4n) is 3.67. The molecule has 1 aliphatic rings. The molecule has 0 spiro atoms. The summed E-state index contributed by atoms with van der Waals surface area (Å²) in [5.74, 6) is -2.79. The van der Waals surface area contributed by atoms with Crippen molar-refractivity contribution < 1.29 is 29.4 Å². The molecular weight excluding hydrogens is 420 g/mol. The zero-order chi connectivity index (χ0) is 23.8. The van der Waals surface area contributed by atoms with Crippen LogP contribution in [0.25, 0.3) is 0 Å². The molecule has 4 atom stereocenters. The number of nitrogens with two attached hydrogens (primary N) is 1. The van der Waals surface area contributed by atoms with Crippen LogP contribution in [0, 0.1) is 5.92 Å². The average molecular weight is 453 g/mol. The molecule has 1 aromatic rings. The quantitative estimate of drug-likeness (QED) is 0.230. The summed E-state index contributed by atoms with van der Waals surface area (Å²) >= 11 is 0. The molecule has 178 valence electrons. The van der Waals surface area contributed by atoms with E-state index in [1.54, 1.807) is 0 Å². The second-order valence-electron chi connectivity index (χ2n) is 8.35. The molecule has 3 amide bonds. The molecule has 1 saturated heterocycles. The molecule has 0 saturated carbocycles. The summed E-state index contributed by atoms with van der Waals surface area (Å²) < 4.78 is 0. The number of aliphatic carboxylic acids is 1. The SMILES string of the molecule is CC(C)CC(N)C(=O)NC(Cc1cnc[nH]1)C(=O)N1CCCC1C(=O)NC(CO)C(=O)O. The number of nitrogens with one attached hydrogen (secondary N) is 3. The molecule has 1 aliphatic heterocycles. The molecule has 12 heteroatoms. The van der Waals surface area contributed by atoms with E-state index in [1.807, 2.05) is 13.8 Å². The van der Waals surface area contributed by atoms with E-state index >= 15 is 0 Å². The number of aromatic nitrogens is 2. The highest BCUT2D eigenvalue weighted by molar-refractivity contribution is 5.94. The van der Waals surface area contributed by atoms with Crippen LogP contribution in [-0.4, -0.2) is 86.1 Å². The van der Waals surface area contributed by atoms with E-state index in [0.717, 1.165) is 0 Å². The average Bonchev–Trinajstić information content (AvgIpc) is 3.41. The molecule has 1 aromatic heterocycles. The Morgan fingerprint density at radius 2 is 2.00 bits per heavy atom. The van der Waals surface area contributed by atoms with Gasteiger partial charge in [0.25, 0.3) is 0 Å². The van der Waals surface area contributed by atoms with Gasteiger partial charge in [-0.1, -0.05) is 13.8 Å². The third kappa shape index (κ3) is 6.76. The van der Waals surface area contributed by atoms with E-state index in [4.69, 9.17) is 15.9 Å². The molecule has 0 aliphatic carbocycles. The molecule has 7 N–H and O–H groups in total. The van der Waals surface area contributed by atoms with Crippen molar-refractivity contribution in [3.05, 3.63) is 18.2 Å². The smallest absolute Gasteiger partial charge is 0.328 e. The predicted octanol–water partition coefficient (Wildman–Crippen LogP) is -1.64. The molecule has 2 rings (SSSR count). The first-order valence-electron chi connectivity index (χ1n) is 10.6. The lowest BCUT2D eigenvalue weighted by atomic mass is 10.0. The van der Waals surface area contributed by atoms with Crippen molar-refractivity contribution in [2.45, 2.75) is 63.7 Å². The number of rotatable bonds is 11. The number of amides is 3. The number of carbonyl (C=O) groups is 4. The van der Waals surface area contributed by atoms with Gasteiger partial charge in [0.05, 0.1) is 19.0 Å². The van der Waals surface area contributed by atoms with Crippen LogP contribution < -0.4 is 16.4 Å². The van der Waals surface area contributed by atoms with Gasteiger partial charge in [-0.2, -0.15) is 0 Å². The summed E-state index contributed by atoms with van der Waals surface area (Å²) in [5, 5.41) is 23.2. The zero-order valence-electron chi connectivity index (χ0n) is 18.3. The van der Waals surface area contributed by atoms with Crippen LogP contribution in [0.2, 0.25) is 0 Å². The molecule has 0 aromatic carbocycles. The largest absolute Gasteiger partial charge is 0.480 e. The number of likely N-dealkylation sites (tertiary alicyclic amines) is 1. The van der Waals surface area contributed by atoms with Gasteiger partial charge in [-0.3, -0.25) is 14.4 Å². The number of carbonyl (C=O) groups excluding carboxylic acids is 3. The van der Waals surface area contributed by atoms with Gasteiger partial charge in [0, 0.05) is 24.9 Å². The van der Waals surface area contributed by atoms with Gasteiger partial charge in [-0.15, -0.1) is 0 Å². The standard InChI is InChI=1S/C20H32N6O6/c1-11(2)6-13(21)17(28)24-14(7-12-8-22-10-23-12)19(30)26-5-3-4-16(26)18(29)25-15(9-27)20(31)32/h8,10-11,13-16,27H,3-7,9,21H2,1-2H3,(H,22,23)(H,24,28)(H,25,29)(H,31,32). The molecule has 0 radical (unpaired) electrons. The Balaban J connectivity index is 2.16. The number of aliphatic hydroxyl groups is 1. The van der Waals surface area contributed by atoms with Crippen LogP contribution >= 0.6 is 0 Å². The van der Waals surface area contributed by atoms with Crippen molar-refractivity contribution in [2.75, 3.05) is 13.2 Å². The summed E-state index contributed by atoms with van der Waals surface area (Å²) in [7, 11) is 0. The van der Waals surface area contributed by atoms with Crippen LogP contribution in [0.3, 0.4) is 0 Å². The Morgan fingerprint density at radius 3 is 2.56 bits per heavy atom. The van der Waals surface area contributed by atoms with E-state index < -0.39 is 54.5 Å². The fraction of sp³-hybridized carbons (Fsp3) is 0.650. The van der Waals surface area contributed by atoms with Crippen molar-refractivity contribution in [3.63, 3.8) is 0 Å². The van der Waals surface area contributed by atoms with Crippen molar-refractivity contribution in [1.82, 2.24) is 25.5 Å². The second kappa shape index (κ2) is 11.6. The number of H-pyrrole nitrogens is 1. The van der Waals surface area contributed by atoms with Crippen molar-refractivity contribution >= 4 is 23.7 Å². The van der Waals surface area contributed by atoms with Gasteiger partial charge in [-0.25, -0.2) is 9.78 Å². The molecule has 12 nitrogen and oxygen atoms in total. The van der Waals surface area contributed by atoms with Crippen molar-refractivity contribution in [1.29, 1.82) is 0 Å². The number of carboxylic acids is 1. The lowest BCUT2D eigenvalue weighted by Crippen LogP contribution is -2.57. The van der Waals surface area contributed by atoms with Gasteiger partial charge in [0.1, 0.15) is 18.1 Å². The third-order valence-corrected chi connectivity index (χ3v) is 5.29. The number of imidazole rings is 1. The van der Waals surface area contributed by atoms with Gasteiger partial charge < -0.3 is 36.5 Å². The minimum atomic E-state index is -1.46. The van der Waals surface area contributed by atoms with Gasteiger partial charge >= 0.3 is 5.97 Å². The van der Waals surface area contributed by atoms with Crippen LogP contribution in [0.1, 0.15) is 38.8 Å². The van der Waals surface area contributed by atoms with Crippen LogP contribution in [0.4, 0.5) is 0 Å². The van der Waals surface area contributed by atoms with Gasteiger partial charge in [-0.05, 0) is 25.2 Å². The number of aliphatic hydroxyl groups excluding tert-OH is 1. The van der Waals surface area contributed by atoms with Gasteiger partial charge in [0.15, 0.2) is 0 Å². The third-order valence-electron chi connectivity index (χ3n) is 5.29. The summed E-state index contributed by atoms with van der Waals surface area (Å²) in [6.07, 6.45) is 4.44. The maximum Gasteiger partial charge on any atom is 0.328 e. The molecule has 2 heterocycles. The maximum atomic E-state index is 13.3. The fourth-order valence-corrected chi connectivity index (χ4v) is 3.67. The number of hydrogen-bond donors (Lipinski definition) is 6. The minimum Gasteiger partial charge on any atom is -0.480 e. The zero-order valence-corrected chi connectivity index (χ0v) is 18.3. The maximum absolute atomic E-state index is 13.3. The lowest BCUT2D eigenvalue weighted by Gasteiger charge is -2.29. The first-order chi connectivity index (χ1) is 15.1.